The minimum atomic E-state index is -3.49. The second-order valence-electron chi connectivity index (χ2n) is 5.32. The van der Waals surface area contributed by atoms with Crippen LogP contribution < -0.4 is 4.72 Å². The minimum Gasteiger partial charge on any atom is -0.297 e. The highest BCUT2D eigenvalue weighted by atomic mass is 35.5. The Morgan fingerprint density at radius 3 is 2.76 bits per heavy atom. The largest absolute Gasteiger partial charge is 0.297 e. The first-order valence-electron chi connectivity index (χ1n) is 6.98. The van der Waals surface area contributed by atoms with E-state index in [2.05, 4.69) is 4.72 Å². The molecule has 21 heavy (non-hydrogen) atoms. The van der Waals surface area contributed by atoms with Crippen molar-refractivity contribution in [3.8, 4) is 0 Å². The van der Waals surface area contributed by atoms with E-state index in [1.165, 1.54) is 0 Å². The fraction of sp³-hybridized carbons (Fsp3) is 0.571. The van der Waals surface area contributed by atoms with Crippen LogP contribution in [0.5, 0.6) is 0 Å². The lowest BCUT2D eigenvalue weighted by molar-refractivity contribution is -0.110. The predicted molar refractivity (Wildman–Crippen MR) is 83.5 cm³/mol. The fourth-order valence-corrected chi connectivity index (χ4v) is 4.47. The topological polar surface area (TPSA) is 58.6 Å². The van der Waals surface area contributed by atoms with Gasteiger partial charge in [0.1, 0.15) is 5.25 Å². The van der Waals surface area contributed by atoms with Crippen molar-refractivity contribution in [1.82, 2.24) is 9.79 Å². The highest BCUT2D eigenvalue weighted by molar-refractivity contribution is 7.90. The zero-order valence-corrected chi connectivity index (χ0v) is 14.0. The molecule has 2 rings (SSSR count). The summed E-state index contributed by atoms with van der Waals surface area (Å²) in [4.78, 5) is 5.44. The number of hydroxylamine groups is 2. The monoisotopic (exact) mass is 332 g/mol. The number of nitrogens with one attached hydrogen (secondary N) is 1. The zero-order chi connectivity index (χ0) is 15.6. The molecular formula is C14H21ClN2O3S. The summed E-state index contributed by atoms with van der Waals surface area (Å²) in [7, 11) is -1.76. The Hall–Kier alpha value is -0.660. The van der Waals surface area contributed by atoms with Crippen LogP contribution in [-0.4, -0.2) is 38.4 Å². The third kappa shape index (κ3) is 3.57. The third-order valence-corrected chi connectivity index (χ3v) is 6.05. The molecule has 3 unspecified atom stereocenters. The summed E-state index contributed by atoms with van der Waals surface area (Å²) in [5.41, 5.74) is 0.763. The van der Waals surface area contributed by atoms with Crippen molar-refractivity contribution in [2.45, 2.75) is 37.6 Å². The van der Waals surface area contributed by atoms with E-state index in [1.807, 2.05) is 32.0 Å². The van der Waals surface area contributed by atoms with Crippen LogP contribution in [0.4, 0.5) is 0 Å². The molecule has 0 spiro atoms. The molecule has 3 atom stereocenters. The Kier molecular flexibility index (Phi) is 5.27. The zero-order valence-electron chi connectivity index (χ0n) is 12.4. The summed E-state index contributed by atoms with van der Waals surface area (Å²) in [6.45, 7) is 3.91. The molecule has 0 aliphatic carbocycles. The molecule has 0 bridgehead atoms. The lowest BCUT2D eigenvalue weighted by atomic mass is 10.0. The first-order valence-corrected chi connectivity index (χ1v) is 8.90. The van der Waals surface area contributed by atoms with E-state index in [1.54, 1.807) is 18.2 Å². The summed E-state index contributed by atoms with van der Waals surface area (Å²) in [6.07, 6.45) is 0.736. The number of hydrogen-bond acceptors (Lipinski definition) is 4. The van der Waals surface area contributed by atoms with E-state index in [0.717, 1.165) is 12.0 Å². The molecule has 118 valence electrons. The molecular weight excluding hydrogens is 312 g/mol. The van der Waals surface area contributed by atoms with Crippen molar-refractivity contribution >= 4 is 21.6 Å². The highest BCUT2D eigenvalue weighted by Crippen LogP contribution is 2.36. The summed E-state index contributed by atoms with van der Waals surface area (Å²) in [5, 5.41) is 1.43. The highest BCUT2D eigenvalue weighted by Gasteiger charge is 2.44. The standard InChI is InChI=1S/C14H21ClN2O3S/c1-4-10(2)16-21(18,19)13-9-20-17(3)14(13)11-7-5-6-8-12(11)15/h5-8,10,13-14,16H,4,9H2,1-3H3. The van der Waals surface area contributed by atoms with Gasteiger partial charge in [0.2, 0.25) is 10.0 Å². The molecule has 1 aliphatic heterocycles. The van der Waals surface area contributed by atoms with Crippen molar-refractivity contribution in [3.63, 3.8) is 0 Å². The molecule has 0 amide bonds. The van der Waals surface area contributed by atoms with Gasteiger partial charge in [-0.3, -0.25) is 4.84 Å². The van der Waals surface area contributed by atoms with E-state index in [-0.39, 0.29) is 12.6 Å². The maximum Gasteiger partial charge on any atom is 0.219 e. The molecule has 5 nitrogen and oxygen atoms in total. The van der Waals surface area contributed by atoms with Crippen LogP contribution in [0.15, 0.2) is 24.3 Å². The Labute approximate surface area is 131 Å². The van der Waals surface area contributed by atoms with Crippen LogP contribution in [0, 0.1) is 0 Å². The van der Waals surface area contributed by atoms with Gasteiger partial charge in [-0.2, -0.15) is 5.06 Å². The van der Waals surface area contributed by atoms with Crippen molar-refractivity contribution in [2.24, 2.45) is 0 Å². The molecule has 0 saturated carbocycles. The molecule has 1 saturated heterocycles. The number of rotatable bonds is 5. The van der Waals surface area contributed by atoms with Gasteiger partial charge in [0.15, 0.2) is 0 Å². The van der Waals surface area contributed by atoms with Gasteiger partial charge in [-0.05, 0) is 25.0 Å². The van der Waals surface area contributed by atoms with Gasteiger partial charge < -0.3 is 0 Å². The van der Waals surface area contributed by atoms with Gasteiger partial charge in [0.05, 0.1) is 12.6 Å². The van der Waals surface area contributed by atoms with Crippen LogP contribution in [-0.2, 0) is 14.9 Å². The maximum atomic E-state index is 12.6. The molecule has 7 heteroatoms. The molecule has 1 heterocycles. The minimum absolute atomic E-state index is 0.104. The van der Waals surface area contributed by atoms with Gasteiger partial charge in [-0.1, -0.05) is 36.7 Å². The van der Waals surface area contributed by atoms with E-state index < -0.39 is 21.3 Å². The first-order chi connectivity index (χ1) is 9.86. The predicted octanol–water partition coefficient (Wildman–Crippen LogP) is 2.34. The number of benzene rings is 1. The van der Waals surface area contributed by atoms with Crippen molar-refractivity contribution in [3.05, 3.63) is 34.9 Å². The summed E-state index contributed by atoms with van der Waals surface area (Å²) >= 11 is 6.22. The fourth-order valence-electron chi connectivity index (χ4n) is 2.42. The van der Waals surface area contributed by atoms with Gasteiger partial charge in [-0.25, -0.2) is 13.1 Å². The van der Waals surface area contributed by atoms with Crippen LogP contribution in [0.25, 0.3) is 0 Å². The molecule has 1 N–H and O–H groups in total. The maximum absolute atomic E-state index is 12.6. The molecule has 1 aromatic rings. The van der Waals surface area contributed by atoms with E-state index in [4.69, 9.17) is 16.4 Å². The summed E-state index contributed by atoms with van der Waals surface area (Å²) in [5.74, 6) is 0. The molecule has 0 radical (unpaired) electrons. The van der Waals surface area contributed by atoms with E-state index in [9.17, 15) is 8.42 Å². The Morgan fingerprint density at radius 2 is 2.14 bits per heavy atom. The van der Waals surface area contributed by atoms with Crippen molar-refractivity contribution in [2.75, 3.05) is 13.7 Å². The van der Waals surface area contributed by atoms with Gasteiger partial charge in [0.25, 0.3) is 0 Å². The van der Waals surface area contributed by atoms with Gasteiger partial charge in [0, 0.05) is 18.1 Å². The van der Waals surface area contributed by atoms with Gasteiger partial charge >= 0.3 is 0 Å². The third-order valence-electron chi connectivity index (χ3n) is 3.79. The van der Waals surface area contributed by atoms with Gasteiger partial charge in [-0.15, -0.1) is 0 Å². The van der Waals surface area contributed by atoms with Crippen LogP contribution >= 0.6 is 11.6 Å². The average molecular weight is 333 g/mol. The first kappa shape index (κ1) is 16.7. The average Bonchev–Trinajstić information content (AvgIpc) is 2.81. The summed E-state index contributed by atoms with van der Waals surface area (Å²) < 4.78 is 27.9. The number of nitrogens with zero attached hydrogens (tertiary/aromatic N) is 1. The number of hydrogen-bond donors (Lipinski definition) is 1. The Balaban J connectivity index is 2.33. The SMILES string of the molecule is CCC(C)NS(=O)(=O)C1CON(C)C1c1ccccc1Cl. The van der Waals surface area contributed by atoms with Crippen LogP contribution in [0.1, 0.15) is 31.9 Å². The van der Waals surface area contributed by atoms with Crippen LogP contribution in [0.3, 0.4) is 0 Å². The number of halogens is 1. The second kappa shape index (κ2) is 6.62. The number of sulfonamides is 1. The lowest BCUT2D eigenvalue weighted by Crippen LogP contribution is -2.42. The second-order valence-corrected chi connectivity index (χ2v) is 7.66. The molecule has 1 aromatic carbocycles. The molecule has 1 fully saturated rings. The van der Waals surface area contributed by atoms with Crippen LogP contribution in [0.2, 0.25) is 5.02 Å². The van der Waals surface area contributed by atoms with Crippen molar-refractivity contribution < 1.29 is 13.3 Å². The lowest BCUT2D eigenvalue weighted by Gasteiger charge is -2.25. The quantitative estimate of drug-likeness (QED) is 0.899. The van der Waals surface area contributed by atoms with Crippen molar-refractivity contribution in [1.29, 1.82) is 0 Å². The Morgan fingerprint density at radius 1 is 1.48 bits per heavy atom. The smallest absolute Gasteiger partial charge is 0.219 e. The molecule has 1 aliphatic rings. The Bertz CT molecular complexity index is 594. The van der Waals surface area contributed by atoms with E-state index in [0.29, 0.717) is 5.02 Å². The normalized spacial score (nSPS) is 25.1. The molecule has 0 aromatic heterocycles. The summed E-state index contributed by atoms with van der Waals surface area (Å²) in [6, 6.07) is 6.74. The van der Waals surface area contributed by atoms with E-state index >= 15 is 0 Å².